The lowest BCUT2D eigenvalue weighted by Gasteiger charge is -2.32. The van der Waals surface area contributed by atoms with Gasteiger partial charge >= 0.3 is 0 Å². The largest absolute Gasteiger partial charge is 0.349 e. The van der Waals surface area contributed by atoms with Crippen molar-refractivity contribution in [3.63, 3.8) is 0 Å². The Balaban J connectivity index is 2.15. The molecule has 2 heterocycles. The molecule has 1 N–H and O–H groups in total. The van der Waals surface area contributed by atoms with Gasteiger partial charge in [-0.15, -0.1) is 0 Å². The fourth-order valence-corrected chi connectivity index (χ4v) is 2.10. The highest BCUT2D eigenvalue weighted by atomic mass is 16.2. The van der Waals surface area contributed by atoms with E-state index in [2.05, 4.69) is 23.3 Å². The van der Waals surface area contributed by atoms with Crippen LogP contribution in [0.3, 0.4) is 0 Å². The number of para-hydroxylation sites is 1. The zero-order valence-electron chi connectivity index (χ0n) is 8.40. The number of fused-ring (bicyclic) bond motifs is 3. The van der Waals surface area contributed by atoms with Gasteiger partial charge in [0.25, 0.3) is 5.91 Å². The smallest absolute Gasteiger partial charge is 0.268 e. The van der Waals surface area contributed by atoms with Crippen molar-refractivity contribution in [1.82, 2.24) is 5.32 Å². The lowest BCUT2D eigenvalue weighted by Crippen LogP contribution is -2.44. The van der Waals surface area contributed by atoms with Crippen molar-refractivity contribution in [3.05, 3.63) is 29.8 Å². The summed E-state index contributed by atoms with van der Waals surface area (Å²) >= 11 is 0. The van der Waals surface area contributed by atoms with Gasteiger partial charge in [0.15, 0.2) is 0 Å². The van der Waals surface area contributed by atoms with Crippen LogP contribution < -0.4 is 10.2 Å². The van der Waals surface area contributed by atoms with Crippen LogP contribution in [0.1, 0.15) is 18.5 Å². The molecule has 2 aliphatic heterocycles. The average Bonchev–Trinajstić information content (AvgIpc) is 2.59. The highest BCUT2D eigenvalue weighted by Gasteiger charge is 2.32. The first-order chi connectivity index (χ1) is 7.25. The number of nitrogens with one attached hydrogen (secondary N) is 1. The van der Waals surface area contributed by atoms with Gasteiger partial charge in [0.1, 0.15) is 6.54 Å². The van der Waals surface area contributed by atoms with Gasteiger partial charge in [-0.1, -0.05) is 18.2 Å². The van der Waals surface area contributed by atoms with Crippen molar-refractivity contribution >= 4 is 17.6 Å². The first-order valence-electron chi connectivity index (χ1n) is 5.00. The van der Waals surface area contributed by atoms with E-state index in [4.69, 9.17) is 0 Å². The zero-order chi connectivity index (χ0) is 10.4. The molecule has 2 aliphatic rings. The van der Waals surface area contributed by atoms with E-state index in [1.165, 1.54) is 5.56 Å². The molecule has 0 saturated heterocycles. The van der Waals surface area contributed by atoms with Gasteiger partial charge in [-0.05, 0) is 18.6 Å². The second-order valence-electron chi connectivity index (χ2n) is 3.84. The van der Waals surface area contributed by atoms with Gasteiger partial charge in [-0.25, -0.2) is 0 Å². The Labute approximate surface area is 87.6 Å². The molecule has 15 heavy (non-hydrogen) atoms. The Bertz CT molecular complexity index is 467. The maximum atomic E-state index is 11.3. The Hall–Kier alpha value is -1.84. The van der Waals surface area contributed by atoms with Crippen LogP contribution in [0.5, 0.6) is 0 Å². The number of carbonyl (C=O) groups is 1. The standard InChI is InChI=1S/C11H11N3O/c1-7-8-4-2-3-5-9(8)14-6-10(15)13-11(14)12-7/h2-5,7H,6H2,1H3,(H,12,13,15). The molecular weight excluding hydrogens is 190 g/mol. The van der Waals surface area contributed by atoms with E-state index < -0.39 is 0 Å². The van der Waals surface area contributed by atoms with Gasteiger partial charge < -0.3 is 10.2 Å². The molecule has 4 heteroatoms. The van der Waals surface area contributed by atoms with Crippen LogP contribution in [0.25, 0.3) is 0 Å². The Morgan fingerprint density at radius 3 is 3.13 bits per heavy atom. The monoisotopic (exact) mass is 201 g/mol. The molecule has 1 atom stereocenters. The minimum absolute atomic E-state index is 0.0820. The maximum absolute atomic E-state index is 11.3. The first kappa shape index (κ1) is 8.47. The van der Waals surface area contributed by atoms with Gasteiger partial charge in [0, 0.05) is 5.69 Å². The lowest BCUT2D eigenvalue weighted by atomic mass is 10.0. The SMILES string of the molecule is CC1NC2=NC(=O)CN2c2ccccc21. The van der Waals surface area contributed by atoms with Crippen molar-refractivity contribution in [1.29, 1.82) is 0 Å². The van der Waals surface area contributed by atoms with Gasteiger partial charge in [0.2, 0.25) is 5.96 Å². The van der Waals surface area contributed by atoms with Crippen LogP contribution in [0, 0.1) is 0 Å². The fraction of sp³-hybridized carbons (Fsp3) is 0.273. The predicted molar refractivity (Wildman–Crippen MR) is 57.8 cm³/mol. The van der Waals surface area contributed by atoms with Crippen molar-refractivity contribution < 1.29 is 4.79 Å². The molecule has 1 amide bonds. The summed E-state index contributed by atoms with van der Waals surface area (Å²) in [7, 11) is 0. The number of hydrogen-bond acceptors (Lipinski definition) is 3. The molecule has 0 bridgehead atoms. The number of anilines is 1. The number of carbonyl (C=O) groups excluding carboxylic acids is 1. The normalized spacial score (nSPS) is 23.0. The number of rotatable bonds is 0. The van der Waals surface area contributed by atoms with Crippen molar-refractivity contribution in [3.8, 4) is 0 Å². The van der Waals surface area contributed by atoms with E-state index in [-0.39, 0.29) is 11.9 Å². The van der Waals surface area contributed by atoms with Crippen LogP contribution >= 0.6 is 0 Å². The summed E-state index contributed by atoms with van der Waals surface area (Å²) in [5.41, 5.74) is 2.31. The molecule has 0 fully saturated rings. The summed E-state index contributed by atoms with van der Waals surface area (Å²) in [6.07, 6.45) is 0. The van der Waals surface area contributed by atoms with Crippen LogP contribution in [0.15, 0.2) is 29.3 Å². The third-order valence-corrected chi connectivity index (χ3v) is 2.82. The molecule has 1 unspecified atom stereocenters. The van der Waals surface area contributed by atoms with Crippen molar-refractivity contribution in [2.45, 2.75) is 13.0 Å². The van der Waals surface area contributed by atoms with Crippen LogP contribution in [0.4, 0.5) is 5.69 Å². The minimum atomic E-state index is -0.0820. The number of guanidine groups is 1. The predicted octanol–water partition coefficient (Wildman–Crippen LogP) is 1.05. The van der Waals surface area contributed by atoms with E-state index in [9.17, 15) is 4.79 Å². The third-order valence-electron chi connectivity index (χ3n) is 2.82. The maximum Gasteiger partial charge on any atom is 0.268 e. The second-order valence-corrected chi connectivity index (χ2v) is 3.84. The summed E-state index contributed by atoms with van der Waals surface area (Å²) in [4.78, 5) is 17.1. The zero-order valence-corrected chi connectivity index (χ0v) is 8.40. The highest BCUT2D eigenvalue weighted by Crippen LogP contribution is 2.31. The number of aliphatic imine (C=N–C) groups is 1. The molecule has 3 rings (SSSR count). The van der Waals surface area contributed by atoms with Gasteiger partial charge in [-0.3, -0.25) is 4.79 Å². The minimum Gasteiger partial charge on any atom is -0.349 e. The number of hydrogen-bond donors (Lipinski definition) is 1. The lowest BCUT2D eigenvalue weighted by molar-refractivity contribution is -0.115. The average molecular weight is 201 g/mol. The fourth-order valence-electron chi connectivity index (χ4n) is 2.10. The molecule has 4 nitrogen and oxygen atoms in total. The molecule has 0 aliphatic carbocycles. The third kappa shape index (κ3) is 1.14. The van der Waals surface area contributed by atoms with Crippen LogP contribution in [0.2, 0.25) is 0 Å². The van der Waals surface area contributed by atoms with E-state index >= 15 is 0 Å². The van der Waals surface area contributed by atoms with E-state index in [0.717, 1.165) is 5.69 Å². The Kier molecular flexibility index (Phi) is 1.59. The van der Waals surface area contributed by atoms with E-state index in [1.807, 2.05) is 23.1 Å². The summed E-state index contributed by atoms with van der Waals surface area (Å²) < 4.78 is 0. The Morgan fingerprint density at radius 1 is 1.47 bits per heavy atom. The molecule has 0 radical (unpaired) electrons. The summed E-state index contributed by atoms with van der Waals surface area (Å²) in [6, 6.07) is 8.31. The summed E-state index contributed by atoms with van der Waals surface area (Å²) in [5, 5.41) is 3.22. The first-order valence-corrected chi connectivity index (χ1v) is 5.00. The number of amides is 1. The topological polar surface area (TPSA) is 44.7 Å². The molecule has 0 saturated carbocycles. The highest BCUT2D eigenvalue weighted by molar-refractivity contribution is 6.13. The molecule has 76 valence electrons. The van der Waals surface area contributed by atoms with E-state index in [1.54, 1.807) is 0 Å². The summed E-state index contributed by atoms with van der Waals surface area (Å²) in [6.45, 7) is 2.42. The quantitative estimate of drug-likeness (QED) is 0.682. The van der Waals surface area contributed by atoms with Gasteiger partial charge in [0.05, 0.1) is 6.04 Å². The number of nitrogens with zero attached hydrogens (tertiary/aromatic N) is 2. The molecular formula is C11H11N3O. The summed E-state index contributed by atoms with van der Waals surface area (Å²) in [5.74, 6) is 0.604. The van der Waals surface area contributed by atoms with Crippen LogP contribution in [-0.2, 0) is 4.79 Å². The second kappa shape index (κ2) is 2.82. The molecule has 1 aromatic rings. The molecule has 0 spiro atoms. The van der Waals surface area contributed by atoms with E-state index in [0.29, 0.717) is 12.5 Å². The number of benzene rings is 1. The molecule has 0 aromatic heterocycles. The van der Waals surface area contributed by atoms with Crippen molar-refractivity contribution in [2.75, 3.05) is 11.4 Å². The van der Waals surface area contributed by atoms with Crippen molar-refractivity contribution in [2.24, 2.45) is 4.99 Å². The van der Waals surface area contributed by atoms with Gasteiger partial charge in [-0.2, -0.15) is 4.99 Å². The van der Waals surface area contributed by atoms with Crippen LogP contribution in [-0.4, -0.2) is 18.4 Å². The molecule has 1 aromatic carbocycles. The Morgan fingerprint density at radius 2 is 2.27 bits per heavy atom.